The van der Waals surface area contributed by atoms with Crippen molar-refractivity contribution in [2.45, 2.75) is 232 Å². The average Bonchev–Trinajstić information content (AvgIpc) is 3.03. The van der Waals surface area contributed by atoms with Crippen LogP contribution in [0.15, 0.2) is 0 Å². The van der Waals surface area contributed by atoms with Crippen molar-refractivity contribution in [3.8, 4) is 0 Å². The first-order valence-corrected chi connectivity index (χ1v) is 21.9. The fraction of sp³-hybridized carbons (Fsp3) is 1.00. The third-order valence-electron chi connectivity index (χ3n) is 9.73. The zero-order chi connectivity index (χ0) is 32.7. The van der Waals surface area contributed by atoms with Crippen molar-refractivity contribution in [3.05, 3.63) is 0 Å². The molecule has 0 unspecified atom stereocenters. The summed E-state index contributed by atoms with van der Waals surface area (Å²) in [6.45, 7) is 9.13. The second-order valence-corrected chi connectivity index (χ2v) is 15.0. The van der Waals surface area contributed by atoms with Crippen LogP contribution in [0, 0.1) is 0 Å². The van der Waals surface area contributed by atoms with E-state index >= 15 is 0 Å². The van der Waals surface area contributed by atoms with Crippen LogP contribution in [-0.4, -0.2) is 40.9 Å². The Bertz CT molecular complexity index is 498. The quantitative estimate of drug-likeness (QED) is 0.0508. The first kappa shape index (κ1) is 45.3. The predicted octanol–water partition coefficient (Wildman–Crippen LogP) is 13.8. The molecule has 272 valence electrons. The number of nitrogens with zero attached hydrogens (tertiary/aromatic N) is 1. The molecule has 0 radical (unpaired) electrons. The van der Waals surface area contributed by atoms with Gasteiger partial charge in [0.1, 0.15) is 0 Å². The van der Waals surface area contributed by atoms with Gasteiger partial charge in [0.25, 0.3) is 0 Å². The standard InChI is InChI=1S/C40H84NO3P/c1-3-5-7-9-11-13-21-25-29-33-37-41(38-34-30-26-22-14-12-10-8-6-4-2)39-35-31-27-23-19-17-15-16-18-20-24-28-32-36-40-44-45(42)43/h42-43H,3-40H2,1-2H3. The summed E-state index contributed by atoms with van der Waals surface area (Å²) in [5.41, 5.74) is 0. The number of hydrogen-bond acceptors (Lipinski definition) is 4. The van der Waals surface area contributed by atoms with Gasteiger partial charge in [0.05, 0.1) is 6.61 Å². The fourth-order valence-corrected chi connectivity index (χ4v) is 6.98. The van der Waals surface area contributed by atoms with Gasteiger partial charge in [-0.1, -0.05) is 206 Å². The molecule has 45 heavy (non-hydrogen) atoms. The van der Waals surface area contributed by atoms with Crippen LogP contribution in [-0.2, 0) is 4.52 Å². The van der Waals surface area contributed by atoms with Crippen molar-refractivity contribution in [2.75, 3.05) is 26.2 Å². The predicted molar refractivity (Wildman–Crippen MR) is 202 cm³/mol. The Balaban J connectivity index is 3.82. The molecule has 4 nitrogen and oxygen atoms in total. The summed E-state index contributed by atoms with van der Waals surface area (Å²) < 4.78 is 4.82. The lowest BCUT2D eigenvalue weighted by Gasteiger charge is -2.22. The van der Waals surface area contributed by atoms with E-state index in [9.17, 15) is 0 Å². The topological polar surface area (TPSA) is 52.9 Å². The lowest BCUT2D eigenvalue weighted by atomic mass is 10.0. The first-order chi connectivity index (χ1) is 22.2. The third kappa shape index (κ3) is 40.4. The van der Waals surface area contributed by atoms with Gasteiger partial charge in [-0.2, -0.15) is 0 Å². The van der Waals surface area contributed by atoms with Gasteiger partial charge in [-0.15, -0.1) is 0 Å². The maximum Gasteiger partial charge on any atom is 0.327 e. The Morgan fingerprint density at radius 1 is 0.333 bits per heavy atom. The summed E-state index contributed by atoms with van der Waals surface area (Å²) in [6.07, 6.45) is 47.5. The Labute approximate surface area is 285 Å². The van der Waals surface area contributed by atoms with Crippen LogP contribution in [0.2, 0.25) is 0 Å². The van der Waals surface area contributed by atoms with Gasteiger partial charge in [-0.3, -0.25) is 0 Å². The maximum absolute atomic E-state index is 8.73. The number of hydrogen-bond donors (Lipinski definition) is 2. The minimum absolute atomic E-state index is 0.482. The Hall–Kier alpha value is 0.270. The molecule has 0 spiro atoms. The molecule has 5 heteroatoms. The molecule has 0 aromatic carbocycles. The molecule has 0 heterocycles. The van der Waals surface area contributed by atoms with Gasteiger partial charge in [-0.05, 0) is 45.3 Å². The molecule has 0 bridgehead atoms. The molecule has 0 fully saturated rings. The smallest absolute Gasteiger partial charge is 0.327 e. The van der Waals surface area contributed by atoms with Crippen molar-refractivity contribution in [3.63, 3.8) is 0 Å². The minimum Gasteiger partial charge on any atom is -0.328 e. The van der Waals surface area contributed by atoms with Gasteiger partial charge >= 0.3 is 8.60 Å². The van der Waals surface area contributed by atoms with Crippen LogP contribution in [0.25, 0.3) is 0 Å². The summed E-state index contributed by atoms with van der Waals surface area (Å²) in [6, 6.07) is 0. The van der Waals surface area contributed by atoms with Gasteiger partial charge in [-0.25, -0.2) is 0 Å². The van der Waals surface area contributed by atoms with E-state index in [4.69, 9.17) is 14.3 Å². The van der Waals surface area contributed by atoms with E-state index in [-0.39, 0.29) is 0 Å². The van der Waals surface area contributed by atoms with Crippen molar-refractivity contribution >= 4 is 8.60 Å². The molecule has 0 rings (SSSR count). The molecule has 0 atom stereocenters. The van der Waals surface area contributed by atoms with Crippen LogP contribution >= 0.6 is 8.60 Å². The highest BCUT2D eigenvalue weighted by molar-refractivity contribution is 7.39. The van der Waals surface area contributed by atoms with Crippen LogP contribution < -0.4 is 0 Å². The normalized spacial score (nSPS) is 11.9. The summed E-state index contributed by atoms with van der Waals surface area (Å²) in [7, 11) is -2.16. The number of rotatable bonds is 40. The Morgan fingerprint density at radius 2 is 0.556 bits per heavy atom. The van der Waals surface area contributed by atoms with E-state index in [0.717, 1.165) is 12.8 Å². The van der Waals surface area contributed by atoms with Crippen molar-refractivity contribution in [1.29, 1.82) is 0 Å². The molecular weight excluding hydrogens is 573 g/mol. The van der Waals surface area contributed by atoms with E-state index in [0.29, 0.717) is 6.61 Å². The SMILES string of the molecule is CCCCCCCCCCCCN(CCCCCCCCCCCC)CCCCCCCCCCCCCCCCOP(O)O. The molecule has 0 aromatic heterocycles. The summed E-state index contributed by atoms with van der Waals surface area (Å²) in [5, 5.41) is 0. The van der Waals surface area contributed by atoms with Crippen molar-refractivity contribution < 1.29 is 14.3 Å². The summed E-state index contributed by atoms with van der Waals surface area (Å²) >= 11 is 0. The van der Waals surface area contributed by atoms with Crippen LogP contribution in [0.5, 0.6) is 0 Å². The summed E-state index contributed by atoms with van der Waals surface area (Å²) in [4.78, 5) is 20.3. The second kappa shape index (κ2) is 40.4. The van der Waals surface area contributed by atoms with Crippen LogP contribution in [0.1, 0.15) is 232 Å². The molecular formula is C40H84NO3P. The van der Waals surface area contributed by atoms with Crippen molar-refractivity contribution in [2.24, 2.45) is 0 Å². The lowest BCUT2D eigenvalue weighted by molar-refractivity contribution is 0.248. The highest BCUT2D eigenvalue weighted by Gasteiger charge is 2.05. The largest absolute Gasteiger partial charge is 0.328 e. The van der Waals surface area contributed by atoms with E-state index in [1.54, 1.807) is 0 Å². The highest BCUT2D eigenvalue weighted by atomic mass is 31.2. The van der Waals surface area contributed by atoms with Crippen molar-refractivity contribution in [1.82, 2.24) is 4.90 Å². The monoisotopic (exact) mass is 658 g/mol. The van der Waals surface area contributed by atoms with Crippen LogP contribution in [0.3, 0.4) is 0 Å². The van der Waals surface area contributed by atoms with Gasteiger partial charge < -0.3 is 19.2 Å². The first-order valence-electron chi connectivity index (χ1n) is 20.7. The zero-order valence-corrected chi connectivity index (χ0v) is 32.0. The molecule has 0 saturated heterocycles. The summed E-state index contributed by atoms with van der Waals surface area (Å²) in [5.74, 6) is 0. The molecule has 2 N–H and O–H groups in total. The highest BCUT2D eigenvalue weighted by Crippen LogP contribution is 2.24. The van der Waals surface area contributed by atoms with E-state index in [1.807, 2.05) is 0 Å². The average molecular weight is 658 g/mol. The second-order valence-electron chi connectivity index (χ2n) is 14.2. The lowest BCUT2D eigenvalue weighted by Crippen LogP contribution is -2.27. The molecule has 0 aliphatic heterocycles. The Kier molecular flexibility index (Phi) is 40.7. The van der Waals surface area contributed by atoms with Gasteiger partial charge in [0.2, 0.25) is 0 Å². The molecule has 0 amide bonds. The molecule has 0 aliphatic rings. The third-order valence-corrected chi connectivity index (χ3v) is 10.1. The van der Waals surface area contributed by atoms with Crippen LogP contribution in [0.4, 0.5) is 0 Å². The van der Waals surface area contributed by atoms with Gasteiger partial charge in [0.15, 0.2) is 0 Å². The fourth-order valence-electron chi connectivity index (χ4n) is 6.69. The maximum atomic E-state index is 8.73. The number of unbranched alkanes of at least 4 members (excludes halogenated alkanes) is 31. The van der Waals surface area contributed by atoms with E-state index in [1.165, 1.54) is 225 Å². The Morgan fingerprint density at radius 3 is 0.800 bits per heavy atom. The molecule has 0 saturated carbocycles. The molecule has 0 aliphatic carbocycles. The zero-order valence-electron chi connectivity index (χ0n) is 31.1. The minimum atomic E-state index is -2.16. The van der Waals surface area contributed by atoms with Gasteiger partial charge in [0, 0.05) is 0 Å². The molecule has 0 aromatic rings. The van der Waals surface area contributed by atoms with E-state index < -0.39 is 8.60 Å². The van der Waals surface area contributed by atoms with E-state index in [2.05, 4.69) is 18.7 Å².